The molecule has 2 atom stereocenters. The van der Waals surface area contributed by atoms with Gasteiger partial charge >= 0.3 is 11.9 Å². The highest BCUT2D eigenvalue weighted by Gasteiger charge is 2.34. The van der Waals surface area contributed by atoms with Crippen molar-refractivity contribution in [2.24, 2.45) is 0 Å². The highest BCUT2D eigenvalue weighted by atomic mass is 32.2. The van der Waals surface area contributed by atoms with E-state index in [0.29, 0.717) is 11.4 Å². The molecule has 0 aliphatic heterocycles. The third-order valence-corrected chi connectivity index (χ3v) is 9.42. The first-order valence-corrected chi connectivity index (χ1v) is 16.2. The first-order valence-electron chi connectivity index (χ1n) is 12.9. The number of rotatable bonds is 16. The van der Waals surface area contributed by atoms with Crippen LogP contribution in [0.3, 0.4) is 0 Å². The van der Waals surface area contributed by atoms with Crippen LogP contribution < -0.4 is 20.1 Å². The molecule has 42 heavy (non-hydrogen) atoms. The van der Waals surface area contributed by atoms with Crippen LogP contribution in [0.15, 0.2) is 36.4 Å². The molecule has 0 spiro atoms. The van der Waals surface area contributed by atoms with Gasteiger partial charge in [-0.05, 0) is 38.8 Å². The Labute approximate surface area is 243 Å². The van der Waals surface area contributed by atoms with Crippen LogP contribution >= 0.6 is 0 Å². The van der Waals surface area contributed by atoms with Gasteiger partial charge in [0.25, 0.3) is 0 Å². The summed E-state index contributed by atoms with van der Waals surface area (Å²) >= 11 is 0. The number of ketones is 2. The van der Waals surface area contributed by atoms with Gasteiger partial charge in [0.15, 0.2) is 11.6 Å². The molecule has 2 aromatic rings. The number of aliphatic carboxylic acids is 2. The fraction of sp³-hybridized carbons (Fsp3) is 0.385. The van der Waals surface area contributed by atoms with Crippen molar-refractivity contribution < 1.29 is 46.2 Å². The normalized spacial score (nSPS) is 14.4. The number of sulfonamides is 2. The average molecular weight is 625 g/mol. The summed E-state index contributed by atoms with van der Waals surface area (Å²) in [6, 6.07) is 6.82. The van der Waals surface area contributed by atoms with Crippen molar-refractivity contribution in [3.8, 4) is 0 Å². The number of fused-ring (bicyclic) bond motifs is 2. The highest BCUT2D eigenvalue weighted by Crippen LogP contribution is 2.36. The van der Waals surface area contributed by atoms with Crippen molar-refractivity contribution >= 4 is 54.9 Å². The van der Waals surface area contributed by atoms with Crippen molar-refractivity contribution in [1.82, 2.24) is 9.44 Å². The number of carbonyl (C=O) groups is 4. The number of benzene rings is 2. The molecule has 6 N–H and O–H groups in total. The summed E-state index contributed by atoms with van der Waals surface area (Å²) in [5.41, 5.74) is 1.15. The first-order chi connectivity index (χ1) is 19.6. The van der Waals surface area contributed by atoms with Crippen LogP contribution in [0, 0.1) is 0 Å². The van der Waals surface area contributed by atoms with E-state index in [1.54, 1.807) is 24.3 Å². The van der Waals surface area contributed by atoms with Gasteiger partial charge in [-0.2, -0.15) is 0 Å². The second-order valence-corrected chi connectivity index (χ2v) is 13.4. The standard InChI is InChI=1S/C26H32N4O10S2/c1-15(25(33)34)29-41(37,38)13-5-11-27-19-9-10-20(28-12-6-14-42(39,40)30-16(2)26(35)36)22-21(19)23(31)17-7-3-4-8-18(17)24(22)32/h3-4,7-10,15-16,27-30H,5-6,11-14H2,1-2H3,(H,33,34)(H,35,36). The zero-order chi connectivity index (χ0) is 31.2. The molecule has 0 saturated carbocycles. The van der Waals surface area contributed by atoms with Crippen LogP contribution in [0.2, 0.25) is 0 Å². The van der Waals surface area contributed by atoms with Gasteiger partial charge in [0.2, 0.25) is 20.0 Å². The molecular weight excluding hydrogens is 592 g/mol. The Bertz CT molecular complexity index is 1490. The molecule has 14 nitrogen and oxygen atoms in total. The summed E-state index contributed by atoms with van der Waals surface area (Å²) in [7, 11) is -7.75. The van der Waals surface area contributed by atoms with Crippen LogP contribution in [0.4, 0.5) is 11.4 Å². The van der Waals surface area contributed by atoms with E-state index in [9.17, 15) is 36.0 Å². The third-order valence-electron chi connectivity index (χ3n) is 6.34. The molecule has 2 aromatic carbocycles. The fourth-order valence-corrected chi connectivity index (χ4v) is 6.81. The zero-order valence-electron chi connectivity index (χ0n) is 22.8. The average Bonchev–Trinajstić information content (AvgIpc) is 2.91. The van der Waals surface area contributed by atoms with Crippen molar-refractivity contribution in [3.63, 3.8) is 0 Å². The first kappa shape index (κ1) is 32.7. The van der Waals surface area contributed by atoms with Gasteiger partial charge in [0.05, 0.1) is 22.6 Å². The van der Waals surface area contributed by atoms with Crippen LogP contribution in [0.25, 0.3) is 0 Å². The van der Waals surface area contributed by atoms with E-state index in [4.69, 9.17) is 10.2 Å². The molecule has 2 unspecified atom stereocenters. The van der Waals surface area contributed by atoms with E-state index < -0.39 is 55.6 Å². The minimum absolute atomic E-state index is 0.0676. The topological polar surface area (TPSA) is 225 Å². The Morgan fingerprint density at radius 2 is 1.05 bits per heavy atom. The summed E-state index contributed by atoms with van der Waals surface area (Å²) < 4.78 is 52.7. The molecule has 3 rings (SSSR count). The molecule has 0 aromatic heterocycles. The van der Waals surface area contributed by atoms with E-state index >= 15 is 0 Å². The van der Waals surface area contributed by atoms with Gasteiger partial charge in [-0.3, -0.25) is 19.2 Å². The van der Waals surface area contributed by atoms with E-state index in [0.717, 1.165) is 0 Å². The summed E-state index contributed by atoms with van der Waals surface area (Å²) in [5.74, 6) is -4.23. The highest BCUT2D eigenvalue weighted by molar-refractivity contribution is 7.89. The number of nitrogens with one attached hydrogen (secondary N) is 4. The summed E-state index contributed by atoms with van der Waals surface area (Å²) in [6.07, 6.45) is 0.135. The van der Waals surface area contributed by atoms with Crippen molar-refractivity contribution in [2.45, 2.75) is 38.8 Å². The van der Waals surface area contributed by atoms with Crippen LogP contribution in [-0.4, -0.2) is 87.2 Å². The molecule has 228 valence electrons. The van der Waals surface area contributed by atoms with E-state index in [-0.39, 0.29) is 59.7 Å². The number of carbonyl (C=O) groups excluding carboxylic acids is 2. The molecule has 16 heteroatoms. The third kappa shape index (κ3) is 8.12. The molecule has 1 aliphatic rings. The monoisotopic (exact) mass is 624 g/mol. The Hall–Kier alpha value is -3.86. The summed E-state index contributed by atoms with van der Waals surface area (Å²) in [4.78, 5) is 48.9. The quantitative estimate of drug-likeness (QED) is 0.122. The van der Waals surface area contributed by atoms with Gasteiger partial charge in [0, 0.05) is 35.6 Å². The summed E-state index contributed by atoms with van der Waals surface area (Å²) in [5, 5.41) is 23.8. The smallest absolute Gasteiger partial charge is 0.321 e. The Morgan fingerprint density at radius 1 is 0.690 bits per heavy atom. The lowest BCUT2D eigenvalue weighted by atomic mass is 9.82. The Kier molecular flexibility index (Phi) is 10.4. The second kappa shape index (κ2) is 13.4. The lowest BCUT2D eigenvalue weighted by Gasteiger charge is -2.24. The maximum absolute atomic E-state index is 13.5. The number of anilines is 2. The van der Waals surface area contributed by atoms with Crippen molar-refractivity contribution in [1.29, 1.82) is 0 Å². The van der Waals surface area contributed by atoms with Gasteiger partial charge in [-0.25, -0.2) is 26.3 Å². The second-order valence-electron chi connectivity index (χ2n) is 9.67. The fourth-order valence-electron chi connectivity index (χ4n) is 4.25. The summed E-state index contributed by atoms with van der Waals surface area (Å²) in [6.45, 7) is 2.58. The van der Waals surface area contributed by atoms with Crippen LogP contribution in [-0.2, 0) is 29.6 Å². The SMILES string of the molecule is CC(NS(=O)(=O)CCCNc1ccc(NCCCS(=O)(=O)NC(C)C(=O)O)c2c1C(=O)c1ccccc1C2=O)C(=O)O. The van der Waals surface area contributed by atoms with E-state index in [2.05, 4.69) is 20.1 Å². The molecule has 0 amide bonds. The predicted octanol–water partition coefficient (Wildman–Crippen LogP) is 0.851. The molecule has 1 aliphatic carbocycles. The van der Waals surface area contributed by atoms with Gasteiger partial charge < -0.3 is 20.8 Å². The molecular formula is C26H32N4O10S2. The van der Waals surface area contributed by atoms with Gasteiger partial charge in [0.1, 0.15) is 12.1 Å². The van der Waals surface area contributed by atoms with Gasteiger partial charge in [-0.15, -0.1) is 0 Å². The minimum atomic E-state index is -3.88. The Morgan fingerprint density at radius 3 is 1.38 bits per heavy atom. The van der Waals surface area contributed by atoms with Crippen molar-refractivity contribution in [3.05, 3.63) is 58.7 Å². The van der Waals surface area contributed by atoms with Gasteiger partial charge in [-0.1, -0.05) is 24.3 Å². The van der Waals surface area contributed by atoms with Crippen LogP contribution in [0.1, 0.15) is 58.5 Å². The molecule has 0 saturated heterocycles. The maximum Gasteiger partial charge on any atom is 0.321 e. The molecule has 0 radical (unpaired) electrons. The largest absolute Gasteiger partial charge is 0.480 e. The lowest BCUT2D eigenvalue weighted by Crippen LogP contribution is -2.39. The van der Waals surface area contributed by atoms with E-state index in [1.165, 1.54) is 26.0 Å². The number of carboxylic acid groups (broad SMARTS) is 2. The molecule has 0 bridgehead atoms. The number of carboxylic acids is 2. The predicted molar refractivity (Wildman–Crippen MR) is 154 cm³/mol. The molecule has 0 fully saturated rings. The lowest BCUT2D eigenvalue weighted by molar-refractivity contribution is -0.139. The number of hydrogen-bond acceptors (Lipinski definition) is 10. The van der Waals surface area contributed by atoms with Crippen LogP contribution in [0.5, 0.6) is 0 Å². The van der Waals surface area contributed by atoms with E-state index in [1.807, 2.05) is 0 Å². The Balaban J connectivity index is 1.77. The van der Waals surface area contributed by atoms with Crippen molar-refractivity contribution in [2.75, 3.05) is 35.2 Å². The molecule has 0 heterocycles. The zero-order valence-corrected chi connectivity index (χ0v) is 24.5. The number of hydrogen-bond donors (Lipinski definition) is 6. The maximum atomic E-state index is 13.5. The minimum Gasteiger partial charge on any atom is -0.480 e.